The zero-order valence-corrected chi connectivity index (χ0v) is 82.0. The number of nitrogens with two attached hydrogens (primary N) is 1. The molecule has 23 rings (SSSR count). The molecule has 3 amide bonds. The SMILES string of the molecule is C.CS(=O)(=O)n1cc2c(n1)CN([C@@H]1C[C@H](N)[C@@H](c3cc(F)ccc3F)[C@H]3C[C@H]31)C2.CS(=O)(=O)n1cc2c(n1)CN([C@@H]1C[C@H](NC(=O)OCc3ccccc3)[C@@H](c3cc(F)ccc3F)[C@H]3C[C@H]31)C2.CS(=O)(=O)n1cc2c(n1)CNC2.O=C(N[C@H]1CC(=O)[C@@H]2C[C@@H]2[C@@H]1c1cc(F)ccc1F)OCc1ccccc1.O=C(N[C@H]1CC2(OCCO2)[C@@H]2C[C@@H]2[C@@H]1c1cc(F)ccc1F)OCc1ccccc1.O=S(=O)(O)c1ccccc1. The zero-order chi connectivity index (χ0) is 102. The monoisotopic (exact) mass is 2100 g/mol. The highest BCUT2D eigenvalue weighted by Gasteiger charge is 2.66. The maximum absolute atomic E-state index is 14.9. The van der Waals surface area contributed by atoms with Crippen LogP contribution in [-0.4, -0.2) is 174 Å². The van der Waals surface area contributed by atoms with Crippen molar-refractivity contribution in [2.75, 3.05) is 32.0 Å². The second-order valence-electron chi connectivity index (χ2n) is 38.9. The van der Waals surface area contributed by atoms with Crippen molar-refractivity contribution < 1.29 is 116 Å². The first-order valence-electron chi connectivity index (χ1n) is 47.5. The summed E-state index contributed by atoms with van der Waals surface area (Å²) in [5.74, 6) is -4.92. The van der Waals surface area contributed by atoms with Crippen LogP contribution >= 0.6 is 0 Å². The van der Waals surface area contributed by atoms with Crippen LogP contribution in [0.3, 0.4) is 0 Å². The normalized spacial score (nSPS) is 25.9. The molecule has 1 spiro atoms. The van der Waals surface area contributed by atoms with Crippen molar-refractivity contribution in [2.24, 2.45) is 53.1 Å². The molecule has 0 bridgehead atoms. The Kier molecular flexibility index (Phi) is 31.2. The number of carbonyl (C=O) groups excluding carboxylic acids is 4. The number of aromatic nitrogens is 6. The highest BCUT2D eigenvalue weighted by molar-refractivity contribution is 7.89. The summed E-state index contributed by atoms with van der Waals surface area (Å²) in [6, 6.07) is 47.7. The fourth-order valence-electron chi connectivity index (χ4n) is 22.4. The molecule has 8 saturated carbocycles. The lowest BCUT2D eigenvalue weighted by atomic mass is 9.76. The van der Waals surface area contributed by atoms with Gasteiger partial charge in [0.1, 0.15) is 72.1 Å². The molecule has 0 unspecified atom stereocenters. The summed E-state index contributed by atoms with van der Waals surface area (Å²) in [7, 11) is -14.0. The number of nitrogens with one attached hydrogen (secondary N) is 4. The summed E-state index contributed by atoms with van der Waals surface area (Å²) in [6.07, 6.45) is 11.1. The second-order valence-corrected chi connectivity index (χ2v) is 45.8. The third-order valence-corrected chi connectivity index (χ3v) is 32.7. The van der Waals surface area contributed by atoms with Crippen molar-refractivity contribution in [3.05, 3.63) is 332 Å². The lowest BCUT2D eigenvalue weighted by molar-refractivity contribution is -0.195. The molecule has 9 fully saturated rings. The number of fused-ring (bicyclic) bond motifs is 8. The maximum atomic E-state index is 14.9. The number of nitrogens with zero attached hydrogens (tertiary/aromatic N) is 8. The Morgan fingerprint density at radius 1 is 0.438 bits per heavy atom. The van der Waals surface area contributed by atoms with Gasteiger partial charge in [-0.2, -0.15) is 36.0 Å². The van der Waals surface area contributed by atoms with Crippen LogP contribution in [0.2, 0.25) is 0 Å². The Bertz CT molecular complexity index is 7060. The van der Waals surface area contributed by atoms with Crippen LogP contribution in [0.25, 0.3) is 0 Å². The number of halogens is 8. The maximum Gasteiger partial charge on any atom is 0.407 e. The van der Waals surface area contributed by atoms with Crippen LogP contribution in [0.5, 0.6) is 0 Å². The second kappa shape index (κ2) is 43.3. The molecule has 18 atom stereocenters. The largest absolute Gasteiger partial charge is 0.445 e. The number of Topliss-reactive ketones (excluding diaryl/α,β-unsaturated/α-hetero) is 1. The topological polar surface area (TPSA) is 405 Å². The fraction of sp³-hybridized carbons (Fsp3) is 0.408. The Labute approximate surface area is 839 Å². The first-order valence-corrected chi connectivity index (χ1v) is 54.5. The van der Waals surface area contributed by atoms with E-state index in [0.29, 0.717) is 89.6 Å². The zero-order valence-electron chi connectivity index (χ0n) is 78.7. The van der Waals surface area contributed by atoms with E-state index >= 15 is 0 Å². The molecule has 4 aliphatic heterocycles. The molecule has 1 saturated heterocycles. The van der Waals surface area contributed by atoms with Gasteiger partial charge in [0, 0.05) is 159 Å². The number of carbonyl (C=O) groups is 4. The summed E-state index contributed by atoms with van der Waals surface area (Å²) < 4.78 is 243. The third kappa shape index (κ3) is 24.3. The molecule has 0 radical (unpaired) electrons. The predicted octanol–water partition coefficient (Wildman–Crippen LogP) is 14.5. The van der Waals surface area contributed by atoms with Crippen LogP contribution in [0.4, 0.5) is 49.5 Å². The van der Waals surface area contributed by atoms with Crippen molar-refractivity contribution in [1.29, 1.82) is 0 Å². The molecular weight excluding hydrogens is 1990 g/mol. The van der Waals surface area contributed by atoms with Gasteiger partial charge >= 0.3 is 18.3 Å². The van der Waals surface area contributed by atoms with Gasteiger partial charge in [0.25, 0.3) is 40.2 Å². The van der Waals surface area contributed by atoms with Gasteiger partial charge in [0.2, 0.25) is 0 Å². The average Bonchev–Trinajstić information content (AvgIpc) is 1.54. The van der Waals surface area contributed by atoms with E-state index in [-0.39, 0.29) is 144 Å². The molecule has 11 aromatic rings. The minimum absolute atomic E-state index is 0. The minimum atomic E-state index is -4.00. The molecule has 3 aromatic heterocycles. The lowest BCUT2D eigenvalue weighted by Crippen LogP contribution is -2.51. The van der Waals surface area contributed by atoms with Gasteiger partial charge in [-0.05, 0) is 198 Å². The van der Waals surface area contributed by atoms with Crippen molar-refractivity contribution in [3.8, 4) is 0 Å². The summed E-state index contributed by atoms with van der Waals surface area (Å²) in [4.78, 5) is 54.3. The first-order chi connectivity index (χ1) is 69.1. The van der Waals surface area contributed by atoms with Gasteiger partial charge < -0.3 is 50.7 Å². The Balaban J connectivity index is 0.000000125. The van der Waals surface area contributed by atoms with E-state index in [1.54, 1.807) is 36.8 Å². The molecule has 43 heteroatoms. The number of hydrogen-bond acceptors (Lipinski definition) is 24. The van der Waals surface area contributed by atoms with Gasteiger partial charge in [-0.1, -0.05) is 117 Å². The number of ketones is 1. The molecular formula is C103H111F8N13O18S4. The fourth-order valence-corrected chi connectivity index (χ4v) is 24.6. The molecule has 146 heavy (non-hydrogen) atoms. The van der Waals surface area contributed by atoms with Crippen molar-refractivity contribution in [1.82, 2.24) is 58.6 Å². The molecule has 776 valence electrons. The van der Waals surface area contributed by atoms with Crippen molar-refractivity contribution >= 4 is 64.3 Å². The molecule has 31 nitrogen and oxygen atoms in total. The van der Waals surface area contributed by atoms with Crippen molar-refractivity contribution in [3.63, 3.8) is 0 Å². The Morgan fingerprint density at radius 3 is 1.23 bits per heavy atom. The van der Waals surface area contributed by atoms with Gasteiger partial charge in [-0.3, -0.25) is 19.1 Å². The molecule has 7 N–H and O–H groups in total. The van der Waals surface area contributed by atoms with E-state index in [1.165, 1.54) is 36.4 Å². The number of rotatable bonds is 19. The minimum Gasteiger partial charge on any atom is -0.445 e. The van der Waals surface area contributed by atoms with Crippen molar-refractivity contribution in [2.45, 2.75) is 188 Å². The van der Waals surface area contributed by atoms with E-state index in [4.69, 9.17) is 34.0 Å². The van der Waals surface area contributed by atoms with Crippen LogP contribution < -0.4 is 27.0 Å². The summed E-state index contributed by atoms with van der Waals surface area (Å²) in [6.45, 7) is 4.97. The third-order valence-electron chi connectivity index (χ3n) is 29.2. The van der Waals surface area contributed by atoms with E-state index in [1.807, 2.05) is 91.0 Å². The Hall–Kier alpha value is -12.2. The van der Waals surface area contributed by atoms with Gasteiger partial charge in [-0.25, -0.2) is 74.8 Å². The first kappa shape index (κ1) is 105. The quantitative estimate of drug-likeness (QED) is 0.0249. The number of alkyl carbamates (subject to hydrolysis) is 3. The number of hydrogen-bond donors (Lipinski definition) is 6. The van der Waals surface area contributed by atoms with Gasteiger partial charge in [-0.15, -0.1) is 0 Å². The van der Waals surface area contributed by atoms with Crippen LogP contribution in [0.1, 0.15) is 155 Å². The average molecular weight is 2100 g/mol. The highest BCUT2D eigenvalue weighted by Crippen LogP contribution is 2.65. The summed E-state index contributed by atoms with van der Waals surface area (Å²) in [5.41, 5.74) is 15.3. The van der Waals surface area contributed by atoms with E-state index < -0.39 is 129 Å². The van der Waals surface area contributed by atoms with Crippen LogP contribution in [0.15, 0.2) is 218 Å². The molecule has 8 aliphatic carbocycles. The molecule has 7 heterocycles. The number of benzene rings is 8. The smallest absolute Gasteiger partial charge is 0.407 e. The summed E-state index contributed by atoms with van der Waals surface area (Å²) in [5, 5.41) is 24.0. The van der Waals surface area contributed by atoms with Gasteiger partial charge in [0.05, 0.1) is 54.0 Å². The molecule has 12 aliphatic rings. The van der Waals surface area contributed by atoms with Crippen LogP contribution in [0, 0.1) is 93.9 Å². The standard InChI is InChI=1S/C27H28F2N4O4S.C23H23F2NO4.C21H19F2NO3.C19H22F2N4O2S.C6H9N3O2S.C6H6O3S.CH4/c1-38(35,36)33-13-17-12-32(14-24(17)31-33)25-11-23(30-27(34)37-15-16-5-3-2-4-6-16)26(20-10-19(20)25)21-9-18(28)7-8-22(21)29;24-15-6-7-19(25)17(10-15)21-16-11-18(16)23(29-8-9-30-23)12-20(21)26-22(27)28-13-14-4-2-1-3-5-14;22-13-6-7-17(23)16(8-13)20-15-9-14(15)19(25)10-18(20)24-21(26)27-11-12-4-2-1-3-5-12;1-28(26,27)25-8-10-7-24(9-17(10)23-25)18-6-16(22)19(13-5-12(13)18)14-4-11(20)2-3-15(14)21;1-12(10,11)9-4-5-2-7-3-6(5)8-9;7-10(8,9)6-4-2-1-3-5-6;/h2-9,13,19-20,23,25-26H,10-12,14-15H2,1H3,(H,30,34);1-7,10,16,18,20-21H,8-9,11-13H2,(H,26,27);1-8,14-15,18,20H,9-11H2,(H,24,26);2-4,8,12-13,16,18-19H,5-7,9,22H2,1H3;4,7H,2-3H2,1H3;1-5H,(H,7,8,9);1H4/t19-,20+,23+,25-,26-;16-,18+,20-,21+;14-,15+,18+,20-;12-,13+,16+,18-,19-;;;/m1011.../s1. The number of amides is 3. The summed E-state index contributed by atoms with van der Waals surface area (Å²) >= 11 is 0. The van der Waals surface area contributed by atoms with E-state index in [0.717, 1.165) is 149 Å². The van der Waals surface area contributed by atoms with E-state index in [2.05, 4.69) is 46.4 Å². The molecule has 8 aromatic carbocycles. The highest BCUT2D eigenvalue weighted by atomic mass is 32.2. The Morgan fingerprint density at radius 2 is 0.815 bits per heavy atom. The lowest BCUT2D eigenvalue weighted by Gasteiger charge is -2.41. The van der Waals surface area contributed by atoms with Crippen LogP contribution in [-0.2, 0) is 128 Å². The van der Waals surface area contributed by atoms with E-state index in [9.17, 15) is 88.0 Å². The number of ether oxygens (including phenoxy) is 5. The van der Waals surface area contributed by atoms with Gasteiger partial charge in [0.15, 0.2) is 5.79 Å². The predicted molar refractivity (Wildman–Crippen MR) is 517 cm³/mol.